The molecule has 2 aliphatic rings. The summed E-state index contributed by atoms with van der Waals surface area (Å²) in [4.78, 5) is 16.1. The number of furan rings is 1. The van der Waals surface area contributed by atoms with Gasteiger partial charge in [0, 0.05) is 25.7 Å². The first-order valence-corrected chi connectivity index (χ1v) is 7.97. The highest BCUT2D eigenvalue weighted by molar-refractivity contribution is 5.73. The summed E-state index contributed by atoms with van der Waals surface area (Å²) < 4.78 is 11.0. The molecule has 2 unspecified atom stereocenters. The molecule has 2 saturated heterocycles. The van der Waals surface area contributed by atoms with Crippen LogP contribution in [0.25, 0.3) is 0 Å². The summed E-state index contributed by atoms with van der Waals surface area (Å²) in [6, 6.07) is 3.76. The Bertz CT molecular complexity index is 510. The SMILES string of the molecule is Cc1ccc(CN2CCC(N3CCOCC3)CC2C(=O)O)o1. The number of morpholine rings is 1. The highest BCUT2D eigenvalue weighted by atomic mass is 16.5. The largest absolute Gasteiger partial charge is 0.480 e. The maximum atomic E-state index is 11.7. The van der Waals surface area contributed by atoms with E-state index in [4.69, 9.17) is 9.15 Å². The highest BCUT2D eigenvalue weighted by Gasteiger charge is 2.36. The summed E-state index contributed by atoms with van der Waals surface area (Å²) in [6.45, 7) is 6.60. The van der Waals surface area contributed by atoms with Crippen LogP contribution in [0.3, 0.4) is 0 Å². The van der Waals surface area contributed by atoms with Crippen LogP contribution in [0, 0.1) is 6.92 Å². The maximum Gasteiger partial charge on any atom is 0.320 e. The Morgan fingerprint density at radius 3 is 2.73 bits per heavy atom. The Morgan fingerprint density at radius 2 is 2.09 bits per heavy atom. The van der Waals surface area contributed by atoms with Gasteiger partial charge in [-0.1, -0.05) is 0 Å². The van der Waals surface area contributed by atoms with Crippen molar-refractivity contribution < 1.29 is 19.1 Å². The molecule has 2 aliphatic heterocycles. The van der Waals surface area contributed by atoms with Crippen LogP contribution in [-0.2, 0) is 16.1 Å². The van der Waals surface area contributed by atoms with Gasteiger partial charge in [0.1, 0.15) is 17.6 Å². The molecule has 1 aromatic rings. The molecule has 0 aromatic carbocycles. The third-order valence-electron chi connectivity index (χ3n) is 4.69. The molecule has 6 nitrogen and oxygen atoms in total. The second-order valence-electron chi connectivity index (χ2n) is 6.16. The van der Waals surface area contributed by atoms with Crippen molar-refractivity contribution in [3.63, 3.8) is 0 Å². The molecule has 2 atom stereocenters. The summed E-state index contributed by atoms with van der Waals surface area (Å²) >= 11 is 0. The fraction of sp³-hybridized carbons (Fsp3) is 0.688. The first-order valence-electron chi connectivity index (χ1n) is 7.97. The van der Waals surface area contributed by atoms with E-state index in [1.165, 1.54) is 0 Å². The van der Waals surface area contributed by atoms with E-state index < -0.39 is 12.0 Å². The molecule has 0 spiro atoms. The van der Waals surface area contributed by atoms with Gasteiger partial charge in [-0.3, -0.25) is 14.6 Å². The number of carboxylic acids is 1. The van der Waals surface area contributed by atoms with Gasteiger partial charge in [-0.25, -0.2) is 0 Å². The van der Waals surface area contributed by atoms with Crippen LogP contribution < -0.4 is 0 Å². The van der Waals surface area contributed by atoms with E-state index >= 15 is 0 Å². The van der Waals surface area contributed by atoms with Crippen molar-refractivity contribution in [1.82, 2.24) is 9.80 Å². The van der Waals surface area contributed by atoms with Crippen molar-refractivity contribution in [2.24, 2.45) is 0 Å². The molecular formula is C16H24N2O4. The molecule has 0 radical (unpaired) electrons. The fourth-order valence-electron chi connectivity index (χ4n) is 3.49. The Morgan fingerprint density at radius 1 is 1.32 bits per heavy atom. The van der Waals surface area contributed by atoms with Crippen molar-refractivity contribution in [3.8, 4) is 0 Å². The molecule has 122 valence electrons. The van der Waals surface area contributed by atoms with Crippen LogP contribution in [-0.4, -0.2) is 65.8 Å². The molecule has 0 amide bonds. The number of aryl methyl sites for hydroxylation is 1. The van der Waals surface area contributed by atoms with E-state index in [1.807, 2.05) is 24.0 Å². The molecule has 22 heavy (non-hydrogen) atoms. The summed E-state index contributed by atoms with van der Waals surface area (Å²) in [5.41, 5.74) is 0. The van der Waals surface area contributed by atoms with Gasteiger partial charge in [-0.05, 0) is 31.9 Å². The minimum Gasteiger partial charge on any atom is -0.480 e. The topological polar surface area (TPSA) is 66.2 Å². The molecule has 3 rings (SSSR count). The summed E-state index contributed by atoms with van der Waals surface area (Å²) in [7, 11) is 0. The molecule has 3 heterocycles. The van der Waals surface area contributed by atoms with Gasteiger partial charge < -0.3 is 14.3 Å². The number of likely N-dealkylation sites (tertiary alicyclic amines) is 1. The van der Waals surface area contributed by atoms with Crippen LogP contribution in [0.2, 0.25) is 0 Å². The van der Waals surface area contributed by atoms with E-state index in [9.17, 15) is 9.90 Å². The lowest BCUT2D eigenvalue weighted by Crippen LogP contribution is -2.54. The zero-order valence-electron chi connectivity index (χ0n) is 13.0. The molecule has 1 N–H and O–H groups in total. The van der Waals surface area contributed by atoms with Crippen molar-refractivity contribution in [1.29, 1.82) is 0 Å². The van der Waals surface area contributed by atoms with Crippen LogP contribution in [0.5, 0.6) is 0 Å². The van der Waals surface area contributed by atoms with Crippen molar-refractivity contribution in [3.05, 3.63) is 23.7 Å². The van der Waals surface area contributed by atoms with Crippen LogP contribution in [0.1, 0.15) is 24.4 Å². The summed E-state index contributed by atoms with van der Waals surface area (Å²) in [6.07, 6.45) is 1.68. The Hall–Kier alpha value is -1.37. The molecule has 0 bridgehead atoms. The highest BCUT2D eigenvalue weighted by Crippen LogP contribution is 2.25. The van der Waals surface area contributed by atoms with Crippen LogP contribution in [0.15, 0.2) is 16.5 Å². The number of carboxylic acid groups (broad SMARTS) is 1. The molecule has 1 aromatic heterocycles. The van der Waals surface area contributed by atoms with Gasteiger partial charge in [0.15, 0.2) is 0 Å². The van der Waals surface area contributed by atoms with Crippen LogP contribution in [0.4, 0.5) is 0 Å². The fourth-order valence-corrected chi connectivity index (χ4v) is 3.49. The standard InChI is InChI=1S/C16H24N2O4/c1-12-2-3-14(22-12)11-18-5-4-13(10-15(18)16(19)20)17-6-8-21-9-7-17/h2-3,13,15H,4-11H2,1H3,(H,19,20). The maximum absolute atomic E-state index is 11.7. The monoisotopic (exact) mass is 308 g/mol. The number of hydrogen-bond acceptors (Lipinski definition) is 5. The van der Waals surface area contributed by atoms with Crippen molar-refractivity contribution in [2.45, 2.75) is 38.4 Å². The number of carbonyl (C=O) groups is 1. The number of hydrogen-bond donors (Lipinski definition) is 1. The van der Waals surface area contributed by atoms with Gasteiger partial charge in [-0.2, -0.15) is 0 Å². The number of ether oxygens (including phenoxy) is 1. The van der Waals surface area contributed by atoms with Gasteiger partial charge in [0.25, 0.3) is 0 Å². The average molecular weight is 308 g/mol. The zero-order valence-corrected chi connectivity index (χ0v) is 13.0. The third-order valence-corrected chi connectivity index (χ3v) is 4.69. The molecule has 2 fully saturated rings. The lowest BCUT2D eigenvalue weighted by Gasteiger charge is -2.42. The van der Waals surface area contributed by atoms with E-state index in [0.29, 0.717) is 19.0 Å². The summed E-state index contributed by atoms with van der Waals surface area (Å²) in [5.74, 6) is 0.972. The molecule has 0 aliphatic carbocycles. The number of piperidine rings is 1. The van der Waals surface area contributed by atoms with Crippen LogP contribution >= 0.6 is 0 Å². The molecule has 0 saturated carbocycles. The lowest BCUT2D eigenvalue weighted by molar-refractivity contribution is -0.146. The van der Waals surface area contributed by atoms with Gasteiger partial charge >= 0.3 is 5.97 Å². The second kappa shape index (κ2) is 6.81. The molecular weight excluding hydrogens is 284 g/mol. The predicted octanol–water partition coefficient (Wildman–Crippen LogP) is 1.34. The average Bonchev–Trinajstić information content (AvgIpc) is 2.93. The van der Waals surface area contributed by atoms with Crippen molar-refractivity contribution in [2.75, 3.05) is 32.8 Å². The Labute approximate surface area is 130 Å². The lowest BCUT2D eigenvalue weighted by atomic mass is 9.95. The van der Waals surface area contributed by atoms with Gasteiger partial charge in [0.05, 0.1) is 19.8 Å². The normalized spacial score (nSPS) is 27.9. The Kier molecular flexibility index (Phi) is 4.81. The zero-order chi connectivity index (χ0) is 15.5. The van der Waals surface area contributed by atoms with E-state index in [0.717, 1.165) is 50.8 Å². The Balaban J connectivity index is 1.64. The smallest absolute Gasteiger partial charge is 0.320 e. The quantitative estimate of drug-likeness (QED) is 0.905. The van der Waals surface area contributed by atoms with E-state index in [-0.39, 0.29) is 0 Å². The van der Waals surface area contributed by atoms with Gasteiger partial charge in [0.2, 0.25) is 0 Å². The predicted molar refractivity (Wildman–Crippen MR) is 80.7 cm³/mol. The third kappa shape index (κ3) is 3.51. The number of aliphatic carboxylic acids is 1. The summed E-state index contributed by atoms with van der Waals surface area (Å²) in [5, 5.41) is 9.59. The van der Waals surface area contributed by atoms with Crippen molar-refractivity contribution >= 4 is 5.97 Å². The second-order valence-corrected chi connectivity index (χ2v) is 6.16. The van der Waals surface area contributed by atoms with E-state index in [1.54, 1.807) is 0 Å². The molecule has 6 heteroatoms. The van der Waals surface area contributed by atoms with E-state index in [2.05, 4.69) is 4.90 Å². The number of nitrogens with zero attached hydrogens (tertiary/aromatic N) is 2. The number of rotatable bonds is 4. The first kappa shape index (κ1) is 15.5. The first-order chi connectivity index (χ1) is 10.6. The minimum absolute atomic E-state index is 0.347. The minimum atomic E-state index is -0.735. The van der Waals surface area contributed by atoms with Gasteiger partial charge in [-0.15, -0.1) is 0 Å².